The third kappa shape index (κ3) is 5.08. The second-order valence-electron chi connectivity index (χ2n) is 7.43. The molecule has 1 saturated heterocycles. The van der Waals surface area contributed by atoms with Gasteiger partial charge in [0.15, 0.2) is 0 Å². The van der Waals surface area contributed by atoms with Crippen LogP contribution in [0.3, 0.4) is 0 Å². The Kier molecular flexibility index (Phi) is 7.15. The van der Waals surface area contributed by atoms with E-state index >= 15 is 0 Å². The monoisotopic (exact) mass is 325 g/mol. The lowest BCUT2D eigenvalue weighted by Gasteiger charge is -2.31. The van der Waals surface area contributed by atoms with Gasteiger partial charge in [0.1, 0.15) is 0 Å². The van der Waals surface area contributed by atoms with Crippen molar-refractivity contribution in [3.05, 3.63) is 0 Å². The van der Waals surface area contributed by atoms with E-state index in [0.717, 1.165) is 44.8 Å². The molecule has 0 radical (unpaired) electrons. The molecule has 1 heterocycles. The zero-order valence-corrected chi connectivity index (χ0v) is 14.9. The van der Waals surface area contributed by atoms with Crippen LogP contribution in [0.4, 0.5) is 4.79 Å². The molecule has 1 unspecified atom stereocenters. The van der Waals surface area contributed by atoms with Crippen LogP contribution in [-0.4, -0.2) is 54.4 Å². The van der Waals surface area contributed by atoms with Crippen molar-refractivity contribution in [2.75, 3.05) is 26.2 Å². The number of urea groups is 1. The van der Waals surface area contributed by atoms with Gasteiger partial charge in [-0.15, -0.1) is 0 Å². The molecule has 0 aromatic heterocycles. The second kappa shape index (κ2) is 8.88. The van der Waals surface area contributed by atoms with Gasteiger partial charge in [-0.3, -0.25) is 4.90 Å². The van der Waals surface area contributed by atoms with E-state index in [4.69, 9.17) is 0 Å². The number of likely N-dealkylation sites (tertiary alicyclic amines) is 1. The Morgan fingerprint density at radius 1 is 1.22 bits per heavy atom. The minimum absolute atomic E-state index is 0.0254. The molecule has 2 aliphatic rings. The molecular formula is C18H35N3O2. The highest BCUT2D eigenvalue weighted by Gasteiger charge is 2.31. The van der Waals surface area contributed by atoms with Crippen molar-refractivity contribution in [2.45, 2.75) is 77.3 Å². The van der Waals surface area contributed by atoms with E-state index in [0.29, 0.717) is 6.54 Å². The lowest BCUT2D eigenvalue weighted by Crippen LogP contribution is -2.47. The van der Waals surface area contributed by atoms with Gasteiger partial charge in [-0.05, 0) is 43.9 Å². The summed E-state index contributed by atoms with van der Waals surface area (Å²) in [4.78, 5) is 14.8. The summed E-state index contributed by atoms with van der Waals surface area (Å²) in [7, 11) is 0. The number of nitrogens with zero attached hydrogens (tertiary/aromatic N) is 1. The maximum atomic E-state index is 12.2. The van der Waals surface area contributed by atoms with Crippen LogP contribution >= 0.6 is 0 Å². The van der Waals surface area contributed by atoms with Gasteiger partial charge in [0.2, 0.25) is 0 Å². The molecule has 2 fully saturated rings. The molecule has 1 saturated carbocycles. The highest BCUT2D eigenvalue weighted by molar-refractivity contribution is 5.74. The predicted octanol–water partition coefficient (Wildman–Crippen LogP) is 2.49. The molecule has 0 aromatic rings. The smallest absolute Gasteiger partial charge is 0.315 e. The molecule has 1 aliphatic heterocycles. The lowest BCUT2D eigenvalue weighted by atomic mass is 9.79. The molecule has 2 rings (SSSR count). The Hall–Kier alpha value is -0.810. The highest BCUT2D eigenvalue weighted by Crippen LogP contribution is 2.29. The Morgan fingerprint density at radius 3 is 2.52 bits per heavy atom. The SMILES string of the molecule is CCC(CC)(CCO)CNC(=O)NC1CCN(C2CCCC2)C1. The number of carbonyl (C=O) groups is 1. The summed E-state index contributed by atoms with van der Waals surface area (Å²) in [6, 6.07) is 0.987. The fraction of sp³-hybridized carbons (Fsp3) is 0.944. The molecular weight excluding hydrogens is 290 g/mol. The summed E-state index contributed by atoms with van der Waals surface area (Å²) >= 11 is 0. The quantitative estimate of drug-likeness (QED) is 0.642. The number of nitrogens with one attached hydrogen (secondary N) is 2. The molecule has 3 N–H and O–H groups in total. The van der Waals surface area contributed by atoms with Gasteiger partial charge < -0.3 is 15.7 Å². The first-order valence-corrected chi connectivity index (χ1v) is 9.51. The molecule has 23 heavy (non-hydrogen) atoms. The van der Waals surface area contributed by atoms with Crippen LogP contribution in [0.15, 0.2) is 0 Å². The molecule has 0 aromatic carbocycles. The van der Waals surface area contributed by atoms with Crippen LogP contribution in [0.2, 0.25) is 0 Å². The van der Waals surface area contributed by atoms with Crippen LogP contribution in [0.1, 0.15) is 65.2 Å². The summed E-state index contributed by atoms with van der Waals surface area (Å²) in [5, 5.41) is 15.4. The maximum Gasteiger partial charge on any atom is 0.315 e. The average Bonchev–Trinajstić information content (AvgIpc) is 3.22. The van der Waals surface area contributed by atoms with Gasteiger partial charge in [0.05, 0.1) is 0 Å². The average molecular weight is 325 g/mol. The van der Waals surface area contributed by atoms with Crippen LogP contribution < -0.4 is 10.6 Å². The lowest BCUT2D eigenvalue weighted by molar-refractivity contribution is 0.162. The second-order valence-corrected chi connectivity index (χ2v) is 7.43. The van der Waals surface area contributed by atoms with Crippen LogP contribution in [0, 0.1) is 5.41 Å². The van der Waals surface area contributed by atoms with Crippen molar-refractivity contribution in [3.8, 4) is 0 Å². The van der Waals surface area contributed by atoms with Crippen molar-refractivity contribution >= 4 is 6.03 Å². The molecule has 0 bridgehead atoms. The maximum absolute atomic E-state index is 12.2. The molecule has 5 nitrogen and oxygen atoms in total. The number of hydrogen-bond acceptors (Lipinski definition) is 3. The summed E-state index contributed by atoms with van der Waals surface area (Å²) in [6.45, 7) is 7.22. The van der Waals surface area contributed by atoms with E-state index in [1.54, 1.807) is 0 Å². The first-order chi connectivity index (χ1) is 11.1. The standard InChI is InChI=1S/C18H35N3O2/c1-3-18(4-2,10-12-22)14-19-17(23)20-15-9-11-21(13-15)16-7-5-6-8-16/h15-16,22H,3-14H2,1-2H3,(H2,19,20,23). The van der Waals surface area contributed by atoms with E-state index in [1.165, 1.54) is 25.7 Å². The van der Waals surface area contributed by atoms with Gasteiger partial charge in [-0.1, -0.05) is 26.7 Å². The number of amides is 2. The Bertz CT molecular complexity index is 365. The van der Waals surface area contributed by atoms with Crippen molar-refractivity contribution in [1.29, 1.82) is 0 Å². The molecule has 1 aliphatic carbocycles. The van der Waals surface area contributed by atoms with E-state index in [9.17, 15) is 9.90 Å². The number of carbonyl (C=O) groups excluding carboxylic acids is 1. The zero-order valence-electron chi connectivity index (χ0n) is 14.9. The Labute approximate surface area is 141 Å². The van der Waals surface area contributed by atoms with Crippen molar-refractivity contribution < 1.29 is 9.90 Å². The largest absolute Gasteiger partial charge is 0.396 e. The normalized spacial score (nSPS) is 23.3. The third-order valence-electron chi connectivity index (χ3n) is 6.16. The third-order valence-corrected chi connectivity index (χ3v) is 6.16. The molecule has 5 heteroatoms. The zero-order chi connectivity index (χ0) is 16.7. The van der Waals surface area contributed by atoms with Crippen LogP contribution in [0.5, 0.6) is 0 Å². The molecule has 134 valence electrons. The van der Waals surface area contributed by atoms with E-state index in [-0.39, 0.29) is 24.1 Å². The number of hydrogen-bond donors (Lipinski definition) is 3. The number of aliphatic hydroxyl groups excluding tert-OH is 1. The van der Waals surface area contributed by atoms with Crippen LogP contribution in [0.25, 0.3) is 0 Å². The summed E-state index contributed by atoms with van der Waals surface area (Å²) in [5.41, 5.74) is 0.0254. The van der Waals surface area contributed by atoms with Gasteiger partial charge in [-0.25, -0.2) is 4.79 Å². The molecule has 1 atom stereocenters. The first-order valence-electron chi connectivity index (χ1n) is 9.51. The highest BCUT2D eigenvalue weighted by atomic mass is 16.3. The first kappa shape index (κ1) is 18.5. The summed E-state index contributed by atoms with van der Waals surface area (Å²) < 4.78 is 0. The molecule has 0 spiro atoms. The van der Waals surface area contributed by atoms with Gasteiger partial charge >= 0.3 is 6.03 Å². The Morgan fingerprint density at radius 2 is 1.91 bits per heavy atom. The Balaban J connectivity index is 1.72. The number of rotatable bonds is 8. The fourth-order valence-electron chi connectivity index (χ4n) is 4.19. The van der Waals surface area contributed by atoms with Gasteiger partial charge in [0, 0.05) is 38.3 Å². The van der Waals surface area contributed by atoms with E-state index < -0.39 is 0 Å². The number of aliphatic hydroxyl groups is 1. The fourth-order valence-corrected chi connectivity index (χ4v) is 4.19. The van der Waals surface area contributed by atoms with Crippen LogP contribution in [-0.2, 0) is 0 Å². The summed E-state index contributed by atoms with van der Waals surface area (Å²) in [5.74, 6) is 0. The van der Waals surface area contributed by atoms with Crippen molar-refractivity contribution in [2.24, 2.45) is 5.41 Å². The minimum atomic E-state index is -0.0486. The van der Waals surface area contributed by atoms with Gasteiger partial charge in [0.25, 0.3) is 0 Å². The van der Waals surface area contributed by atoms with E-state index in [1.807, 2.05) is 0 Å². The predicted molar refractivity (Wildman–Crippen MR) is 93.5 cm³/mol. The van der Waals surface area contributed by atoms with Gasteiger partial charge in [-0.2, -0.15) is 0 Å². The van der Waals surface area contributed by atoms with E-state index in [2.05, 4.69) is 29.4 Å². The van der Waals surface area contributed by atoms with Crippen molar-refractivity contribution in [3.63, 3.8) is 0 Å². The summed E-state index contributed by atoms with van der Waals surface area (Å²) in [6.07, 6.45) is 9.14. The topological polar surface area (TPSA) is 64.6 Å². The van der Waals surface area contributed by atoms with Crippen molar-refractivity contribution in [1.82, 2.24) is 15.5 Å². The minimum Gasteiger partial charge on any atom is -0.396 e. The molecule has 2 amide bonds.